The molecule has 2 nitrogen and oxygen atoms in total. The Balaban J connectivity index is 0. The molecule has 0 aliphatic heterocycles. The maximum absolute atomic E-state index is 12.6. The van der Waals surface area contributed by atoms with Gasteiger partial charge in [-0.15, -0.1) is 0 Å². The molecule has 0 amide bonds. The van der Waals surface area contributed by atoms with Crippen molar-refractivity contribution < 1.29 is 67.0 Å². The molecule has 0 rings (SSSR count). The first-order valence-corrected chi connectivity index (χ1v) is 6.13. The monoisotopic (exact) mass is 402 g/mol. The Labute approximate surface area is 141 Å². The molecule has 0 saturated heterocycles. The summed E-state index contributed by atoms with van der Waals surface area (Å²) in [4.78, 5) is 9.00. The first-order valence-electron chi connectivity index (χ1n) is 5.13. The summed E-state index contributed by atoms with van der Waals surface area (Å²) in [5, 5.41) is 7.42. The van der Waals surface area contributed by atoms with E-state index in [2.05, 4.69) is 0 Å². The molecule has 0 aromatic carbocycles. The molecule has 0 saturated carbocycles. The van der Waals surface area contributed by atoms with Crippen LogP contribution >= 0.6 is 0 Å². The molecule has 1 N–H and O–H groups in total. The summed E-state index contributed by atoms with van der Waals surface area (Å²) in [6.07, 6.45) is -7.35. The molecule has 24 heavy (non-hydrogen) atoms. The summed E-state index contributed by atoms with van der Waals surface area (Å²) < 4.78 is 153. The number of carbonyl (C=O) groups is 1. The summed E-state index contributed by atoms with van der Waals surface area (Å²) >= 11 is -2.20. The third-order valence-electron chi connectivity index (χ3n) is 2.09. The second kappa shape index (κ2) is 7.05. The van der Waals surface area contributed by atoms with Gasteiger partial charge in [-0.25, -0.2) is 0 Å². The van der Waals surface area contributed by atoms with Gasteiger partial charge in [0.05, 0.1) is 0 Å². The number of aliphatic carboxylic acids is 1. The first-order chi connectivity index (χ1) is 9.98. The van der Waals surface area contributed by atoms with Crippen molar-refractivity contribution in [1.29, 1.82) is 0 Å². The van der Waals surface area contributed by atoms with Crippen molar-refractivity contribution in [3.8, 4) is 0 Å². The van der Waals surface area contributed by atoms with Crippen molar-refractivity contribution in [3.05, 3.63) is 0 Å². The molecular formula is C8H4F13NaO2. The van der Waals surface area contributed by atoms with Gasteiger partial charge in [-0.05, 0) is 0 Å². The molecule has 16 heteroatoms. The first kappa shape index (κ1) is 25.8. The molecule has 0 aromatic rings. The summed E-state index contributed by atoms with van der Waals surface area (Å²) in [5.41, 5.74) is 0. The average molecular weight is 402 g/mol. The van der Waals surface area contributed by atoms with Gasteiger partial charge in [-0.1, -0.05) is 0 Å². The number of alkyl halides is 13. The number of carboxylic acids is 1. The Morgan fingerprint density at radius 3 is 1.04 bits per heavy atom. The molecule has 0 fully saturated rings. The van der Waals surface area contributed by atoms with Crippen molar-refractivity contribution in [2.75, 3.05) is 0 Å². The molecular weight excluding hydrogens is 398 g/mol. The zero-order valence-electron chi connectivity index (χ0n) is 11.3. The van der Waals surface area contributed by atoms with Crippen molar-refractivity contribution in [3.63, 3.8) is 0 Å². The molecule has 0 unspecified atom stereocenters. The van der Waals surface area contributed by atoms with Gasteiger partial charge in [0.2, 0.25) is 0 Å². The summed E-state index contributed by atoms with van der Waals surface area (Å²) in [7, 11) is 0. The zero-order valence-corrected chi connectivity index (χ0v) is 13.3. The van der Waals surface area contributed by atoms with E-state index in [0.29, 0.717) is 0 Å². The predicted octanol–water partition coefficient (Wildman–Crippen LogP) is 3.94. The standard InChI is InChI=1S/C6F13.C2H4O2.Na/c7-1(8)2(9,10)3(11,12)4(13,14)5(15,16)6(17,18)19;1-2(3)4;/h;1H3,(H,3,4);. The van der Waals surface area contributed by atoms with Crippen LogP contribution in [0, 0.1) is 0 Å². The fraction of sp³-hybridized carbons (Fsp3) is 0.875. The fourth-order valence-corrected chi connectivity index (χ4v) is 1.16. The van der Waals surface area contributed by atoms with Gasteiger partial charge in [-0.2, -0.15) is 0 Å². The van der Waals surface area contributed by atoms with E-state index >= 15 is 0 Å². The minimum absolute atomic E-state index is 0.833. The van der Waals surface area contributed by atoms with Crippen LogP contribution in [-0.4, -0.2) is 72.0 Å². The Bertz CT molecular complexity index is 410. The molecule has 0 bridgehead atoms. The van der Waals surface area contributed by atoms with Gasteiger partial charge in [0, 0.05) is 6.92 Å². The molecule has 0 atom stereocenters. The molecule has 0 aliphatic carbocycles. The molecule has 0 heterocycles. The Morgan fingerprint density at radius 2 is 0.875 bits per heavy atom. The number of halogens is 13. The molecule has 0 aromatic heterocycles. The fourth-order valence-electron chi connectivity index (χ4n) is 0.848. The summed E-state index contributed by atoms with van der Waals surface area (Å²) in [6.45, 7) is 1.08. The summed E-state index contributed by atoms with van der Waals surface area (Å²) in [6, 6.07) is 0. The van der Waals surface area contributed by atoms with E-state index in [-0.39, 0.29) is 0 Å². The van der Waals surface area contributed by atoms with Gasteiger partial charge < -0.3 is 5.11 Å². The van der Waals surface area contributed by atoms with Crippen LogP contribution in [0.25, 0.3) is 0 Å². The quantitative estimate of drug-likeness (QED) is 0.572. The van der Waals surface area contributed by atoms with E-state index in [4.69, 9.17) is 9.90 Å². The van der Waals surface area contributed by atoms with Crippen LogP contribution in [0.15, 0.2) is 0 Å². The predicted molar refractivity (Wildman–Crippen MR) is 49.9 cm³/mol. The van der Waals surface area contributed by atoms with E-state index in [1.807, 2.05) is 0 Å². The van der Waals surface area contributed by atoms with E-state index in [1.165, 1.54) is 0 Å². The van der Waals surface area contributed by atoms with E-state index in [1.54, 1.807) is 0 Å². The number of rotatable bonds is 4. The molecule has 140 valence electrons. The van der Waals surface area contributed by atoms with Crippen LogP contribution in [-0.2, 0) is 4.79 Å². The van der Waals surface area contributed by atoms with E-state index < -0.39 is 66.9 Å². The number of hydrogen-bond donors (Lipinski definition) is 1. The van der Waals surface area contributed by atoms with E-state index in [0.717, 1.165) is 6.92 Å². The Kier molecular flexibility index (Phi) is 7.58. The summed E-state index contributed by atoms with van der Waals surface area (Å²) in [5.74, 6) is -31.0. The van der Waals surface area contributed by atoms with Crippen LogP contribution < -0.4 is 0 Å². The third kappa shape index (κ3) is 4.59. The second-order valence-electron chi connectivity index (χ2n) is 4.20. The van der Waals surface area contributed by atoms with E-state index in [9.17, 15) is 57.1 Å². The van der Waals surface area contributed by atoms with Gasteiger partial charge in [0.25, 0.3) is 5.97 Å². The Morgan fingerprint density at radius 1 is 0.667 bits per heavy atom. The van der Waals surface area contributed by atoms with Crippen molar-refractivity contribution in [2.45, 2.75) is 40.0 Å². The second-order valence-corrected chi connectivity index (χ2v) is 5.46. The Hall–Kier alpha value is -0.440. The van der Waals surface area contributed by atoms with Gasteiger partial charge in [-0.3, -0.25) is 4.79 Å². The number of carboxylic acid groups (broad SMARTS) is 1. The third-order valence-corrected chi connectivity index (χ3v) is 2.72. The molecule has 0 spiro atoms. The topological polar surface area (TPSA) is 37.3 Å². The molecule has 0 radical (unpaired) electrons. The van der Waals surface area contributed by atoms with Crippen LogP contribution in [0.5, 0.6) is 0 Å². The van der Waals surface area contributed by atoms with Crippen LogP contribution in [0.1, 0.15) is 6.92 Å². The van der Waals surface area contributed by atoms with Crippen molar-refractivity contribution in [1.82, 2.24) is 0 Å². The van der Waals surface area contributed by atoms with Crippen molar-refractivity contribution in [2.24, 2.45) is 0 Å². The normalized spacial score (nSPS) is 14.8. The van der Waals surface area contributed by atoms with Gasteiger partial charge in [0.15, 0.2) is 0 Å². The number of hydrogen-bond acceptors (Lipinski definition) is 1. The average Bonchev–Trinajstić information content (AvgIpc) is 2.23. The zero-order chi connectivity index (χ0) is 20.6. The van der Waals surface area contributed by atoms with Gasteiger partial charge in [0.1, 0.15) is 0 Å². The van der Waals surface area contributed by atoms with Gasteiger partial charge >= 0.3 is 118 Å². The molecule has 0 aliphatic rings. The van der Waals surface area contributed by atoms with Crippen molar-refractivity contribution >= 4 is 33.9 Å². The van der Waals surface area contributed by atoms with Crippen LogP contribution in [0.2, 0.25) is 0 Å². The minimum atomic E-state index is -7.78. The SMILES string of the molecule is CC(=O)O.FC(F)(F)C(F)(F)C(F)(F)C(F)(F)C(F)(F)[C](F)(F)[Na]. The van der Waals surface area contributed by atoms with Crippen LogP contribution in [0.4, 0.5) is 57.1 Å². The maximum atomic E-state index is 12.6. The van der Waals surface area contributed by atoms with Crippen LogP contribution in [0.3, 0.4) is 0 Å².